The number of hydrogen-bond acceptors (Lipinski definition) is 5. The summed E-state index contributed by atoms with van der Waals surface area (Å²) < 4.78 is 23.1. The smallest absolute Gasteiger partial charge is 0.231 e. The summed E-state index contributed by atoms with van der Waals surface area (Å²) in [7, 11) is 3.45. The maximum atomic E-state index is 5.93. The van der Waals surface area contributed by atoms with Crippen LogP contribution in [0.4, 0.5) is 0 Å². The van der Waals surface area contributed by atoms with Crippen LogP contribution in [0.5, 0.6) is 23.0 Å². The Labute approximate surface area is 206 Å². The highest BCUT2D eigenvalue weighted by atomic mass is 16.7. The minimum Gasteiger partial charge on any atom is -0.493 e. The van der Waals surface area contributed by atoms with Crippen molar-refractivity contribution in [1.29, 1.82) is 0 Å². The molecule has 0 amide bonds. The van der Waals surface area contributed by atoms with Crippen molar-refractivity contribution in [1.82, 2.24) is 4.90 Å². The largest absolute Gasteiger partial charge is 0.493 e. The average Bonchev–Trinajstić information content (AvgIpc) is 3.36. The Bertz CT molecular complexity index is 1300. The molecule has 0 radical (unpaired) electrons. The lowest BCUT2D eigenvalue weighted by Gasteiger charge is -2.44. The van der Waals surface area contributed by atoms with Crippen LogP contribution in [0.3, 0.4) is 0 Å². The van der Waals surface area contributed by atoms with Gasteiger partial charge in [0.1, 0.15) is 0 Å². The van der Waals surface area contributed by atoms with Crippen molar-refractivity contribution in [2.75, 3.05) is 27.6 Å². The first kappa shape index (κ1) is 21.9. The Morgan fingerprint density at radius 3 is 2.49 bits per heavy atom. The Morgan fingerprint density at radius 1 is 0.914 bits per heavy atom. The summed E-state index contributed by atoms with van der Waals surface area (Å²) >= 11 is 0. The van der Waals surface area contributed by atoms with Gasteiger partial charge in [-0.25, -0.2) is 0 Å². The molecule has 6 rings (SSSR count). The Morgan fingerprint density at radius 2 is 1.71 bits per heavy atom. The molecule has 3 aliphatic heterocycles. The van der Waals surface area contributed by atoms with Gasteiger partial charge in [-0.2, -0.15) is 0 Å². The Hall–Kier alpha value is -3.60. The van der Waals surface area contributed by atoms with Crippen molar-refractivity contribution in [2.24, 2.45) is 0 Å². The van der Waals surface area contributed by atoms with Gasteiger partial charge in [0.2, 0.25) is 6.79 Å². The standard InChI is InChI=1S/C30H31NO4/c1-19-28-22(12-13-25(32-2)30(28)33-3)23(11-7-10-20-8-5-4-6-9-20)29-24-17-27-26(34-18-35-27)16-21(24)14-15-31(19)29/h4-6,8-9,12-13,16-17,19H,7,10-11,14-15,18H2,1-3H3/t19-/m1/s1. The van der Waals surface area contributed by atoms with Gasteiger partial charge < -0.3 is 23.8 Å². The minimum atomic E-state index is 0.168. The van der Waals surface area contributed by atoms with Crippen molar-refractivity contribution in [3.8, 4) is 23.0 Å². The fourth-order valence-corrected chi connectivity index (χ4v) is 5.92. The average molecular weight is 470 g/mol. The molecule has 3 aromatic carbocycles. The molecule has 0 saturated carbocycles. The molecule has 0 N–H and O–H groups in total. The van der Waals surface area contributed by atoms with E-state index in [0.29, 0.717) is 6.79 Å². The van der Waals surface area contributed by atoms with Gasteiger partial charge >= 0.3 is 0 Å². The minimum absolute atomic E-state index is 0.168. The SMILES string of the molecule is COc1ccc2c(c1OC)[C@@H](C)N1CCc3cc4c(cc3C1=C2CCCc1ccccc1)OCO4. The third-order valence-electron chi connectivity index (χ3n) is 7.58. The molecule has 3 heterocycles. The predicted molar refractivity (Wildman–Crippen MR) is 137 cm³/mol. The van der Waals surface area contributed by atoms with Crippen molar-refractivity contribution in [3.05, 3.63) is 82.4 Å². The molecule has 0 bridgehead atoms. The number of rotatable bonds is 6. The number of aryl methyl sites for hydroxylation is 1. The molecule has 35 heavy (non-hydrogen) atoms. The van der Waals surface area contributed by atoms with Crippen LogP contribution in [-0.4, -0.2) is 32.5 Å². The number of nitrogens with zero attached hydrogens (tertiary/aromatic N) is 1. The number of hydrogen-bond donors (Lipinski definition) is 0. The van der Waals surface area contributed by atoms with Crippen LogP contribution < -0.4 is 18.9 Å². The van der Waals surface area contributed by atoms with Gasteiger partial charge in [-0.3, -0.25) is 0 Å². The van der Waals surface area contributed by atoms with Crippen molar-refractivity contribution in [3.63, 3.8) is 0 Å². The van der Waals surface area contributed by atoms with Gasteiger partial charge in [0.15, 0.2) is 23.0 Å². The zero-order valence-corrected chi connectivity index (χ0v) is 20.6. The molecule has 0 saturated heterocycles. The summed E-state index contributed by atoms with van der Waals surface area (Å²) in [5, 5.41) is 0. The molecule has 3 aliphatic rings. The number of fused-ring (bicyclic) bond motifs is 5. The molecule has 5 nitrogen and oxygen atoms in total. The summed E-state index contributed by atoms with van der Waals surface area (Å²) in [6.07, 6.45) is 4.06. The van der Waals surface area contributed by atoms with Gasteiger partial charge in [-0.1, -0.05) is 36.4 Å². The molecular formula is C30H31NO4. The molecule has 180 valence electrons. The van der Waals surface area contributed by atoms with E-state index in [9.17, 15) is 0 Å². The van der Waals surface area contributed by atoms with E-state index in [0.717, 1.165) is 55.2 Å². The first-order chi connectivity index (χ1) is 17.2. The first-order valence-electron chi connectivity index (χ1n) is 12.4. The van der Waals surface area contributed by atoms with Gasteiger partial charge in [0.05, 0.1) is 20.3 Å². The molecule has 1 atom stereocenters. The summed E-state index contributed by atoms with van der Waals surface area (Å²) in [5.74, 6) is 3.33. The lowest BCUT2D eigenvalue weighted by Crippen LogP contribution is -2.36. The number of methoxy groups -OCH3 is 2. The molecule has 3 aromatic rings. The molecule has 0 aliphatic carbocycles. The van der Waals surface area contributed by atoms with Crippen molar-refractivity contribution in [2.45, 2.75) is 38.6 Å². The van der Waals surface area contributed by atoms with Crippen LogP contribution in [0.15, 0.2) is 54.6 Å². The maximum Gasteiger partial charge on any atom is 0.231 e. The number of allylic oxidation sites excluding steroid dienone is 1. The zero-order valence-electron chi connectivity index (χ0n) is 20.6. The fraction of sp³-hybridized carbons (Fsp3) is 0.333. The third kappa shape index (κ3) is 3.61. The van der Waals surface area contributed by atoms with Gasteiger partial charge in [0.25, 0.3) is 0 Å². The van der Waals surface area contributed by atoms with Gasteiger partial charge in [-0.05, 0) is 73.1 Å². The molecular weight excluding hydrogens is 438 g/mol. The van der Waals surface area contributed by atoms with Gasteiger partial charge in [0, 0.05) is 23.4 Å². The molecule has 0 unspecified atom stereocenters. The summed E-state index contributed by atoms with van der Waals surface area (Å²) in [4.78, 5) is 2.55. The summed E-state index contributed by atoms with van der Waals surface area (Å²) in [5.41, 5.74) is 9.15. The summed E-state index contributed by atoms with van der Waals surface area (Å²) in [6, 6.07) is 19.5. The molecule has 5 heteroatoms. The lowest BCUT2D eigenvalue weighted by molar-refractivity contribution is 0.174. The second-order valence-electron chi connectivity index (χ2n) is 9.41. The van der Waals surface area contributed by atoms with Crippen LogP contribution in [0.25, 0.3) is 11.3 Å². The quantitative estimate of drug-likeness (QED) is 0.426. The van der Waals surface area contributed by atoms with E-state index in [4.69, 9.17) is 18.9 Å². The molecule has 0 aromatic heterocycles. The van der Waals surface area contributed by atoms with E-state index in [2.05, 4.69) is 60.4 Å². The highest BCUT2D eigenvalue weighted by molar-refractivity contribution is 5.95. The lowest BCUT2D eigenvalue weighted by atomic mass is 9.80. The summed E-state index contributed by atoms with van der Waals surface area (Å²) in [6.45, 7) is 3.52. The highest BCUT2D eigenvalue weighted by Crippen LogP contribution is 2.53. The van der Waals surface area contributed by atoms with Crippen LogP contribution in [-0.2, 0) is 12.8 Å². The topological polar surface area (TPSA) is 40.2 Å². The van der Waals surface area contributed by atoms with E-state index >= 15 is 0 Å². The second kappa shape index (κ2) is 8.88. The van der Waals surface area contributed by atoms with E-state index in [-0.39, 0.29) is 6.04 Å². The molecule has 0 fully saturated rings. The van der Waals surface area contributed by atoms with E-state index < -0.39 is 0 Å². The number of ether oxygens (including phenoxy) is 4. The monoisotopic (exact) mass is 469 g/mol. The van der Waals surface area contributed by atoms with E-state index in [1.807, 2.05) is 6.07 Å². The second-order valence-corrected chi connectivity index (χ2v) is 9.41. The number of benzene rings is 3. The van der Waals surface area contributed by atoms with Crippen LogP contribution in [0, 0.1) is 0 Å². The van der Waals surface area contributed by atoms with E-state index in [1.54, 1.807) is 14.2 Å². The van der Waals surface area contributed by atoms with Crippen LogP contribution in [0.2, 0.25) is 0 Å². The van der Waals surface area contributed by atoms with E-state index in [1.165, 1.54) is 39.1 Å². The fourth-order valence-electron chi connectivity index (χ4n) is 5.92. The van der Waals surface area contributed by atoms with Crippen molar-refractivity contribution >= 4 is 11.3 Å². The maximum absolute atomic E-state index is 5.93. The zero-order chi connectivity index (χ0) is 23.9. The normalized spacial score (nSPS) is 17.6. The Balaban J connectivity index is 1.51. The third-order valence-corrected chi connectivity index (χ3v) is 7.58. The highest BCUT2D eigenvalue weighted by Gasteiger charge is 2.37. The van der Waals surface area contributed by atoms with Gasteiger partial charge in [-0.15, -0.1) is 0 Å². The van der Waals surface area contributed by atoms with Crippen LogP contribution in [0.1, 0.15) is 53.6 Å². The Kier molecular flexibility index (Phi) is 5.56. The van der Waals surface area contributed by atoms with Crippen molar-refractivity contribution < 1.29 is 18.9 Å². The first-order valence-corrected chi connectivity index (χ1v) is 12.4. The molecule has 0 spiro atoms. The van der Waals surface area contributed by atoms with Crippen LogP contribution >= 0.6 is 0 Å². The predicted octanol–water partition coefficient (Wildman–Crippen LogP) is 6.26.